The molecule has 0 radical (unpaired) electrons. The molecule has 0 aromatic heterocycles. The number of hydrogen-bond donors (Lipinski definition) is 1. The predicted molar refractivity (Wildman–Crippen MR) is 82.2 cm³/mol. The van der Waals surface area contributed by atoms with E-state index in [0.717, 1.165) is 50.1 Å². The highest BCUT2D eigenvalue weighted by molar-refractivity contribution is 5.95. The van der Waals surface area contributed by atoms with Crippen LogP contribution in [0, 0.1) is 5.41 Å². The van der Waals surface area contributed by atoms with Crippen molar-refractivity contribution in [3.05, 3.63) is 29.3 Å². The molecule has 0 bridgehead atoms. The second-order valence-corrected chi connectivity index (χ2v) is 6.51. The summed E-state index contributed by atoms with van der Waals surface area (Å²) in [6, 6.07) is 6.11. The molecule has 1 N–H and O–H groups in total. The third-order valence-electron chi connectivity index (χ3n) is 5.18. The molecule has 108 valence electrons. The lowest BCUT2D eigenvalue weighted by Gasteiger charge is -2.39. The second-order valence-electron chi connectivity index (χ2n) is 6.51. The topological polar surface area (TPSA) is 32.3 Å². The number of likely N-dealkylation sites (tertiary alicyclic amines) is 1. The van der Waals surface area contributed by atoms with Crippen molar-refractivity contribution in [3.63, 3.8) is 0 Å². The quantitative estimate of drug-likeness (QED) is 0.896. The zero-order chi connectivity index (χ0) is 14.2. The van der Waals surface area contributed by atoms with Crippen molar-refractivity contribution in [1.82, 2.24) is 4.90 Å². The number of benzene rings is 1. The number of amides is 1. The maximum Gasteiger partial charge on any atom is 0.253 e. The largest absolute Gasteiger partial charge is 0.384 e. The maximum atomic E-state index is 12.6. The molecule has 3 heteroatoms. The monoisotopic (exact) mass is 272 g/mol. The van der Waals surface area contributed by atoms with Gasteiger partial charge >= 0.3 is 0 Å². The van der Waals surface area contributed by atoms with Crippen molar-refractivity contribution in [2.75, 3.05) is 25.0 Å². The second kappa shape index (κ2) is 5.12. The van der Waals surface area contributed by atoms with Crippen molar-refractivity contribution in [1.29, 1.82) is 0 Å². The number of piperidine rings is 1. The van der Waals surface area contributed by atoms with Crippen LogP contribution < -0.4 is 5.32 Å². The van der Waals surface area contributed by atoms with Gasteiger partial charge in [0.15, 0.2) is 0 Å². The summed E-state index contributed by atoms with van der Waals surface area (Å²) in [4.78, 5) is 14.6. The standard InChI is InChI=1S/C17H24N2O/c1-3-17(2)7-10-19(11-8-17)16(20)14-5-4-13-6-9-18-15(13)12-14/h4-5,12,18H,3,6-11H2,1-2H3. The lowest BCUT2D eigenvalue weighted by Crippen LogP contribution is -2.41. The molecule has 2 aliphatic rings. The van der Waals surface area contributed by atoms with Crippen LogP contribution in [0.1, 0.15) is 49.0 Å². The van der Waals surface area contributed by atoms with Gasteiger partial charge in [0.25, 0.3) is 5.91 Å². The molecule has 0 aliphatic carbocycles. The Morgan fingerprint density at radius 2 is 2.10 bits per heavy atom. The third-order valence-corrected chi connectivity index (χ3v) is 5.18. The number of carbonyl (C=O) groups is 1. The van der Waals surface area contributed by atoms with Crippen LogP contribution in [0.25, 0.3) is 0 Å². The van der Waals surface area contributed by atoms with E-state index in [1.807, 2.05) is 17.0 Å². The van der Waals surface area contributed by atoms with E-state index in [4.69, 9.17) is 0 Å². The summed E-state index contributed by atoms with van der Waals surface area (Å²) in [5.74, 6) is 0.194. The molecule has 2 heterocycles. The van der Waals surface area contributed by atoms with Crippen LogP contribution in [-0.4, -0.2) is 30.4 Å². The van der Waals surface area contributed by atoms with E-state index >= 15 is 0 Å². The lowest BCUT2D eigenvalue weighted by molar-refractivity contribution is 0.0600. The fraction of sp³-hybridized carbons (Fsp3) is 0.588. The van der Waals surface area contributed by atoms with E-state index < -0.39 is 0 Å². The van der Waals surface area contributed by atoms with Crippen molar-refractivity contribution >= 4 is 11.6 Å². The Kier molecular flexibility index (Phi) is 3.45. The molecule has 1 aromatic carbocycles. The van der Waals surface area contributed by atoms with Gasteiger partial charge in [0, 0.05) is 30.9 Å². The smallest absolute Gasteiger partial charge is 0.253 e. The summed E-state index contributed by atoms with van der Waals surface area (Å²) < 4.78 is 0. The zero-order valence-corrected chi connectivity index (χ0v) is 12.5. The summed E-state index contributed by atoms with van der Waals surface area (Å²) in [7, 11) is 0. The average Bonchev–Trinajstić information content (AvgIpc) is 2.94. The summed E-state index contributed by atoms with van der Waals surface area (Å²) in [5.41, 5.74) is 3.74. The Labute approximate surface area is 121 Å². The van der Waals surface area contributed by atoms with E-state index in [2.05, 4.69) is 25.2 Å². The minimum atomic E-state index is 0.194. The van der Waals surface area contributed by atoms with Crippen molar-refractivity contribution in [2.45, 2.75) is 39.5 Å². The van der Waals surface area contributed by atoms with Crippen molar-refractivity contribution < 1.29 is 4.79 Å². The fourth-order valence-corrected chi connectivity index (χ4v) is 3.21. The number of rotatable bonds is 2. The van der Waals surface area contributed by atoms with Crippen molar-refractivity contribution in [2.24, 2.45) is 5.41 Å². The van der Waals surface area contributed by atoms with Gasteiger partial charge in [-0.3, -0.25) is 4.79 Å². The first-order chi connectivity index (χ1) is 9.61. The highest BCUT2D eigenvalue weighted by Crippen LogP contribution is 2.34. The molecule has 3 nitrogen and oxygen atoms in total. The molecule has 1 fully saturated rings. The van der Waals surface area contributed by atoms with Crippen LogP contribution in [0.3, 0.4) is 0 Å². The third kappa shape index (κ3) is 2.41. The lowest BCUT2D eigenvalue weighted by atomic mass is 9.78. The Balaban J connectivity index is 1.71. The first-order valence-corrected chi connectivity index (χ1v) is 7.77. The van der Waals surface area contributed by atoms with Gasteiger partial charge in [-0.05, 0) is 42.4 Å². The summed E-state index contributed by atoms with van der Waals surface area (Å²) in [6.45, 7) is 7.38. The number of anilines is 1. The first-order valence-electron chi connectivity index (χ1n) is 7.77. The molecule has 0 unspecified atom stereocenters. The van der Waals surface area contributed by atoms with Gasteiger partial charge in [-0.1, -0.05) is 26.3 Å². The molecule has 2 aliphatic heterocycles. The van der Waals surface area contributed by atoms with Gasteiger partial charge in [-0.15, -0.1) is 0 Å². The molecular weight excluding hydrogens is 248 g/mol. The minimum Gasteiger partial charge on any atom is -0.384 e. The molecule has 3 rings (SSSR count). The molecule has 0 saturated carbocycles. The Hall–Kier alpha value is -1.51. The van der Waals surface area contributed by atoms with Gasteiger partial charge < -0.3 is 10.2 Å². The summed E-state index contributed by atoms with van der Waals surface area (Å²) in [6.07, 6.45) is 4.52. The van der Waals surface area contributed by atoms with Crippen LogP contribution in [-0.2, 0) is 6.42 Å². The van der Waals surface area contributed by atoms with Crippen LogP contribution in [0.5, 0.6) is 0 Å². The van der Waals surface area contributed by atoms with Crippen LogP contribution in [0.4, 0.5) is 5.69 Å². The highest BCUT2D eigenvalue weighted by Gasteiger charge is 2.30. The predicted octanol–water partition coefficient (Wildman–Crippen LogP) is 3.31. The van der Waals surface area contributed by atoms with Gasteiger partial charge in [0.2, 0.25) is 0 Å². The molecule has 1 saturated heterocycles. The Morgan fingerprint density at radius 1 is 1.35 bits per heavy atom. The van der Waals surface area contributed by atoms with E-state index in [1.165, 1.54) is 12.0 Å². The highest BCUT2D eigenvalue weighted by atomic mass is 16.2. The van der Waals surface area contributed by atoms with E-state index in [1.54, 1.807) is 0 Å². The Bertz CT molecular complexity index is 516. The summed E-state index contributed by atoms with van der Waals surface area (Å²) >= 11 is 0. The number of nitrogens with one attached hydrogen (secondary N) is 1. The van der Waals surface area contributed by atoms with Crippen molar-refractivity contribution in [3.8, 4) is 0 Å². The molecule has 0 spiro atoms. The zero-order valence-electron chi connectivity index (χ0n) is 12.5. The first kappa shape index (κ1) is 13.5. The van der Waals surface area contributed by atoms with Crippen LogP contribution in [0.2, 0.25) is 0 Å². The SMILES string of the molecule is CCC1(C)CCN(C(=O)c2ccc3c(c2)NCC3)CC1. The van der Waals surface area contributed by atoms with Gasteiger partial charge in [-0.25, -0.2) is 0 Å². The Morgan fingerprint density at radius 3 is 2.80 bits per heavy atom. The van der Waals surface area contributed by atoms with E-state index in [0.29, 0.717) is 5.41 Å². The van der Waals surface area contributed by atoms with E-state index in [-0.39, 0.29) is 5.91 Å². The number of hydrogen-bond acceptors (Lipinski definition) is 2. The van der Waals surface area contributed by atoms with Crippen LogP contribution >= 0.6 is 0 Å². The average molecular weight is 272 g/mol. The molecule has 20 heavy (non-hydrogen) atoms. The minimum absolute atomic E-state index is 0.194. The maximum absolute atomic E-state index is 12.6. The van der Waals surface area contributed by atoms with Gasteiger partial charge in [0.05, 0.1) is 0 Å². The van der Waals surface area contributed by atoms with E-state index in [9.17, 15) is 4.79 Å². The molecule has 1 aromatic rings. The number of fused-ring (bicyclic) bond motifs is 1. The molecule has 0 atom stereocenters. The number of nitrogens with zero attached hydrogens (tertiary/aromatic N) is 1. The molecular formula is C17H24N2O. The normalized spacial score (nSPS) is 20.4. The summed E-state index contributed by atoms with van der Waals surface area (Å²) in [5, 5.41) is 3.35. The van der Waals surface area contributed by atoms with Gasteiger partial charge in [-0.2, -0.15) is 0 Å². The fourth-order valence-electron chi connectivity index (χ4n) is 3.21. The van der Waals surface area contributed by atoms with Crippen LogP contribution in [0.15, 0.2) is 18.2 Å². The van der Waals surface area contributed by atoms with Gasteiger partial charge in [0.1, 0.15) is 0 Å². The molecule has 1 amide bonds. The number of carbonyl (C=O) groups excluding carboxylic acids is 1.